The molecule has 0 saturated carbocycles. The van der Waals surface area contributed by atoms with Crippen LogP contribution in [0, 0.1) is 0 Å². The van der Waals surface area contributed by atoms with Crippen molar-refractivity contribution in [3.63, 3.8) is 0 Å². The molecular formula is C12H22N4O2. The second kappa shape index (κ2) is 6.39. The molecule has 1 rings (SSSR count). The number of ether oxygens (including phenoxy) is 1. The van der Waals surface area contributed by atoms with Gasteiger partial charge in [0.25, 0.3) is 0 Å². The average molecular weight is 254 g/mol. The number of rotatable bonds is 5. The van der Waals surface area contributed by atoms with Gasteiger partial charge in [0.1, 0.15) is 5.60 Å². The summed E-state index contributed by atoms with van der Waals surface area (Å²) in [5.41, 5.74) is 0.548. The van der Waals surface area contributed by atoms with E-state index in [2.05, 4.69) is 20.6 Å². The zero-order valence-electron chi connectivity index (χ0n) is 11.4. The molecule has 102 valence electrons. The first-order valence-electron chi connectivity index (χ1n) is 6.04. The van der Waals surface area contributed by atoms with Crippen LogP contribution in [-0.4, -0.2) is 34.2 Å². The number of carbonyl (C=O) groups excluding carboxylic acids is 1. The Hall–Kier alpha value is -1.56. The molecule has 0 spiro atoms. The number of amides is 1. The van der Waals surface area contributed by atoms with E-state index in [0.717, 1.165) is 5.69 Å². The molecule has 1 aromatic rings. The fraction of sp³-hybridized carbons (Fsp3) is 0.667. The Labute approximate surface area is 108 Å². The van der Waals surface area contributed by atoms with Crippen molar-refractivity contribution in [3.8, 4) is 0 Å². The van der Waals surface area contributed by atoms with Crippen LogP contribution in [0.5, 0.6) is 0 Å². The van der Waals surface area contributed by atoms with E-state index in [0.29, 0.717) is 13.1 Å². The number of aromatic nitrogens is 2. The minimum atomic E-state index is -0.465. The number of nitrogens with zero attached hydrogens (tertiary/aromatic N) is 1. The molecule has 1 atom stereocenters. The summed E-state index contributed by atoms with van der Waals surface area (Å²) in [7, 11) is 0. The average Bonchev–Trinajstić information content (AvgIpc) is 2.66. The molecule has 0 saturated heterocycles. The summed E-state index contributed by atoms with van der Waals surface area (Å²) in [6.07, 6.45) is 3.01. The Morgan fingerprint density at radius 1 is 1.56 bits per heavy atom. The van der Waals surface area contributed by atoms with Crippen LogP contribution in [0.1, 0.15) is 33.4 Å². The van der Waals surface area contributed by atoms with Crippen molar-refractivity contribution in [2.75, 3.05) is 6.54 Å². The van der Waals surface area contributed by atoms with E-state index in [1.807, 2.05) is 27.7 Å². The number of hydrogen-bond acceptors (Lipinski definition) is 4. The van der Waals surface area contributed by atoms with Crippen molar-refractivity contribution < 1.29 is 9.53 Å². The standard InChI is InChI=1S/C12H22N4O2/c1-9(16-11(17)18-12(2,3)4)5-13-6-10-7-14-8-15-10/h7-9,13H,5-6H2,1-4H3,(H,14,15)(H,16,17). The van der Waals surface area contributed by atoms with E-state index in [1.165, 1.54) is 0 Å². The van der Waals surface area contributed by atoms with E-state index in [-0.39, 0.29) is 6.04 Å². The largest absolute Gasteiger partial charge is 0.444 e. The summed E-state index contributed by atoms with van der Waals surface area (Å²) in [6.45, 7) is 8.80. The van der Waals surface area contributed by atoms with Gasteiger partial charge in [-0.15, -0.1) is 0 Å². The lowest BCUT2D eigenvalue weighted by atomic mass is 10.2. The number of nitrogens with one attached hydrogen (secondary N) is 3. The first-order valence-corrected chi connectivity index (χ1v) is 6.04. The molecule has 0 aliphatic heterocycles. The number of aromatic amines is 1. The maximum absolute atomic E-state index is 11.5. The number of alkyl carbamates (subject to hydrolysis) is 1. The van der Waals surface area contributed by atoms with Gasteiger partial charge < -0.3 is 20.4 Å². The molecule has 6 nitrogen and oxygen atoms in total. The minimum absolute atomic E-state index is 0.00257. The predicted molar refractivity (Wildman–Crippen MR) is 69.1 cm³/mol. The fourth-order valence-electron chi connectivity index (χ4n) is 1.36. The van der Waals surface area contributed by atoms with Gasteiger partial charge >= 0.3 is 6.09 Å². The molecule has 0 bridgehead atoms. The molecule has 0 radical (unpaired) electrons. The number of carbonyl (C=O) groups is 1. The van der Waals surface area contributed by atoms with Crippen molar-refractivity contribution >= 4 is 6.09 Å². The van der Waals surface area contributed by atoms with Crippen LogP contribution in [0.2, 0.25) is 0 Å². The Morgan fingerprint density at radius 3 is 2.83 bits per heavy atom. The molecular weight excluding hydrogens is 232 g/mol. The Balaban J connectivity index is 2.17. The Kier molecular flexibility index (Phi) is 5.15. The molecule has 1 aromatic heterocycles. The highest BCUT2D eigenvalue weighted by atomic mass is 16.6. The van der Waals surface area contributed by atoms with Gasteiger partial charge in [-0.1, -0.05) is 0 Å². The lowest BCUT2D eigenvalue weighted by Crippen LogP contribution is -2.42. The third-order valence-electron chi connectivity index (χ3n) is 2.08. The van der Waals surface area contributed by atoms with E-state index in [4.69, 9.17) is 4.74 Å². The minimum Gasteiger partial charge on any atom is -0.444 e. The van der Waals surface area contributed by atoms with Crippen molar-refractivity contribution in [1.82, 2.24) is 20.6 Å². The Morgan fingerprint density at radius 2 is 2.28 bits per heavy atom. The zero-order chi connectivity index (χ0) is 13.6. The molecule has 0 fully saturated rings. The molecule has 0 aliphatic carbocycles. The van der Waals surface area contributed by atoms with Gasteiger partial charge in [0, 0.05) is 31.0 Å². The summed E-state index contributed by atoms with van der Waals surface area (Å²) in [5.74, 6) is 0. The first-order chi connectivity index (χ1) is 8.37. The molecule has 1 amide bonds. The maximum atomic E-state index is 11.5. The van der Waals surface area contributed by atoms with Crippen LogP contribution in [0.15, 0.2) is 12.5 Å². The van der Waals surface area contributed by atoms with Crippen molar-refractivity contribution in [2.45, 2.75) is 45.9 Å². The van der Waals surface area contributed by atoms with Crippen molar-refractivity contribution in [1.29, 1.82) is 0 Å². The predicted octanol–water partition coefficient (Wildman–Crippen LogP) is 1.41. The van der Waals surface area contributed by atoms with Gasteiger partial charge in [-0.3, -0.25) is 0 Å². The topological polar surface area (TPSA) is 79.0 Å². The summed E-state index contributed by atoms with van der Waals surface area (Å²) in [4.78, 5) is 18.4. The Bertz CT molecular complexity index is 357. The molecule has 1 heterocycles. The molecule has 0 aliphatic rings. The normalized spacial score (nSPS) is 13.1. The highest BCUT2D eigenvalue weighted by molar-refractivity contribution is 5.68. The van der Waals surface area contributed by atoms with Crippen LogP contribution in [0.3, 0.4) is 0 Å². The summed E-state index contributed by atoms with van der Waals surface area (Å²) < 4.78 is 5.17. The van der Waals surface area contributed by atoms with E-state index < -0.39 is 11.7 Å². The quantitative estimate of drug-likeness (QED) is 0.742. The third kappa shape index (κ3) is 6.24. The van der Waals surface area contributed by atoms with Crippen LogP contribution >= 0.6 is 0 Å². The van der Waals surface area contributed by atoms with E-state index in [1.54, 1.807) is 12.5 Å². The summed E-state index contributed by atoms with van der Waals surface area (Å²) >= 11 is 0. The van der Waals surface area contributed by atoms with Crippen LogP contribution in [0.25, 0.3) is 0 Å². The maximum Gasteiger partial charge on any atom is 0.407 e. The highest BCUT2D eigenvalue weighted by Crippen LogP contribution is 2.06. The van der Waals surface area contributed by atoms with Gasteiger partial charge in [-0.25, -0.2) is 9.78 Å². The number of imidazole rings is 1. The molecule has 6 heteroatoms. The van der Waals surface area contributed by atoms with Gasteiger partial charge in [0.05, 0.1) is 6.33 Å². The van der Waals surface area contributed by atoms with Crippen LogP contribution in [-0.2, 0) is 11.3 Å². The van der Waals surface area contributed by atoms with Crippen LogP contribution in [0.4, 0.5) is 4.79 Å². The lowest BCUT2D eigenvalue weighted by Gasteiger charge is -2.22. The first kappa shape index (κ1) is 14.5. The molecule has 1 unspecified atom stereocenters. The van der Waals surface area contributed by atoms with E-state index in [9.17, 15) is 4.79 Å². The molecule has 3 N–H and O–H groups in total. The molecule has 0 aromatic carbocycles. The van der Waals surface area contributed by atoms with E-state index >= 15 is 0 Å². The SMILES string of the molecule is CC(CNCc1cnc[nH]1)NC(=O)OC(C)(C)C. The number of H-pyrrole nitrogens is 1. The monoisotopic (exact) mass is 254 g/mol. The number of hydrogen-bond donors (Lipinski definition) is 3. The molecule has 18 heavy (non-hydrogen) atoms. The fourth-order valence-corrected chi connectivity index (χ4v) is 1.36. The third-order valence-corrected chi connectivity index (χ3v) is 2.08. The van der Waals surface area contributed by atoms with Gasteiger partial charge in [0.2, 0.25) is 0 Å². The smallest absolute Gasteiger partial charge is 0.407 e. The van der Waals surface area contributed by atoms with Gasteiger partial charge in [0.15, 0.2) is 0 Å². The van der Waals surface area contributed by atoms with Crippen LogP contribution < -0.4 is 10.6 Å². The highest BCUT2D eigenvalue weighted by Gasteiger charge is 2.17. The van der Waals surface area contributed by atoms with Crippen molar-refractivity contribution in [3.05, 3.63) is 18.2 Å². The summed E-state index contributed by atoms with van der Waals surface area (Å²) in [5, 5.41) is 5.98. The summed E-state index contributed by atoms with van der Waals surface area (Å²) in [6, 6.07) is 0.00257. The lowest BCUT2D eigenvalue weighted by molar-refractivity contribution is 0.0508. The second-order valence-electron chi connectivity index (χ2n) is 5.26. The van der Waals surface area contributed by atoms with Gasteiger partial charge in [-0.05, 0) is 27.7 Å². The second-order valence-corrected chi connectivity index (χ2v) is 5.26. The van der Waals surface area contributed by atoms with Gasteiger partial charge in [-0.2, -0.15) is 0 Å². The zero-order valence-corrected chi connectivity index (χ0v) is 11.4. The van der Waals surface area contributed by atoms with Crippen molar-refractivity contribution in [2.24, 2.45) is 0 Å².